The van der Waals surface area contributed by atoms with Crippen LogP contribution in [-0.4, -0.2) is 23.1 Å². The van der Waals surface area contributed by atoms with Gasteiger partial charge in [-0.3, -0.25) is 0 Å². The highest BCUT2D eigenvalue weighted by Crippen LogP contribution is 2.28. The maximum Gasteiger partial charge on any atom is 0.339 e. The van der Waals surface area contributed by atoms with Gasteiger partial charge < -0.3 is 4.18 Å². The molecule has 0 fully saturated rings. The predicted octanol–water partition coefficient (Wildman–Crippen LogP) is 3.09. The zero-order valence-corrected chi connectivity index (χ0v) is 15.9. The van der Waals surface area contributed by atoms with E-state index in [1.54, 1.807) is 19.1 Å². The summed E-state index contributed by atoms with van der Waals surface area (Å²) in [5, 5.41) is 0. The number of sulfone groups is 1. The summed E-state index contributed by atoms with van der Waals surface area (Å²) in [6, 6.07) is 8.02. The molecular formula is C17H20O5S2. The van der Waals surface area contributed by atoms with Gasteiger partial charge in [0.25, 0.3) is 0 Å². The van der Waals surface area contributed by atoms with E-state index in [4.69, 9.17) is 4.18 Å². The summed E-state index contributed by atoms with van der Waals surface area (Å²) < 4.78 is 54.3. The molecule has 0 spiro atoms. The molecule has 2 aromatic carbocycles. The minimum atomic E-state index is -4.15. The smallest absolute Gasteiger partial charge is 0.339 e. The Morgan fingerprint density at radius 3 is 1.67 bits per heavy atom. The van der Waals surface area contributed by atoms with Crippen LogP contribution in [0.15, 0.2) is 40.1 Å². The summed E-state index contributed by atoms with van der Waals surface area (Å²) in [4.78, 5) is -0.146. The first-order valence-corrected chi connectivity index (χ1v) is 10.5. The lowest BCUT2D eigenvalue weighted by Gasteiger charge is -2.14. The van der Waals surface area contributed by atoms with Gasteiger partial charge in [0.1, 0.15) is 10.6 Å². The first-order chi connectivity index (χ1) is 10.9. The van der Waals surface area contributed by atoms with E-state index in [0.29, 0.717) is 5.56 Å². The fraction of sp³-hybridized carbons (Fsp3) is 0.294. The first kappa shape index (κ1) is 18.5. The van der Waals surface area contributed by atoms with Crippen LogP contribution in [0.4, 0.5) is 0 Å². The lowest BCUT2D eigenvalue weighted by Crippen LogP contribution is -2.14. The van der Waals surface area contributed by atoms with Crippen LogP contribution in [0.1, 0.15) is 22.3 Å². The Labute approximate surface area is 143 Å². The van der Waals surface area contributed by atoms with Gasteiger partial charge in [0.15, 0.2) is 9.84 Å². The second-order valence-corrected chi connectivity index (χ2v) is 9.52. The Morgan fingerprint density at radius 2 is 1.17 bits per heavy atom. The van der Waals surface area contributed by atoms with Gasteiger partial charge in [-0.05, 0) is 74.2 Å². The third-order valence-electron chi connectivity index (χ3n) is 3.53. The van der Waals surface area contributed by atoms with Gasteiger partial charge in [-0.25, -0.2) is 8.42 Å². The molecule has 2 rings (SSSR count). The molecule has 0 aliphatic heterocycles. The molecule has 0 N–H and O–H groups in total. The molecule has 0 saturated heterocycles. The van der Waals surface area contributed by atoms with Crippen LogP contribution >= 0.6 is 0 Å². The maximum atomic E-state index is 12.7. The standard InChI is InChI=1S/C17H20O5S2/c1-11-6-12(2)8-15(7-11)22-24(20,21)17-10-13(3)9-16(14(17)4)23(5,18)19/h6-10H,1-5H3. The quantitative estimate of drug-likeness (QED) is 0.775. The zero-order chi connectivity index (χ0) is 18.3. The van der Waals surface area contributed by atoms with E-state index in [1.165, 1.54) is 19.1 Å². The first-order valence-electron chi connectivity index (χ1n) is 7.24. The van der Waals surface area contributed by atoms with Gasteiger partial charge in [-0.1, -0.05) is 6.07 Å². The molecule has 0 atom stereocenters. The van der Waals surface area contributed by atoms with Gasteiger partial charge in [0, 0.05) is 6.26 Å². The molecule has 0 aliphatic carbocycles. The average molecular weight is 368 g/mol. The topological polar surface area (TPSA) is 77.5 Å². The van der Waals surface area contributed by atoms with E-state index in [-0.39, 0.29) is 21.1 Å². The lowest BCUT2D eigenvalue weighted by molar-refractivity contribution is 0.484. The van der Waals surface area contributed by atoms with Gasteiger partial charge in [0.05, 0.1) is 4.90 Å². The Balaban J connectivity index is 2.60. The molecule has 24 heavy (non-hydrogen) atoms. The van der Waals surface area contributed by atoms with Crippen molar-refractivity contribution in [2.24, 2.45) is 0 Å². The van der Waals surface area contributed by atoms with Crippen LogP contribution in [0.3, 0.4) is 0 Å². The SMILES string of the molecule is Cc1cc(C)cc(OS(=O)(=O)c2cc(C)cc(S(C)(=O)=O)c2C)c1. The zero-order valence-electron chi connectivity index (χ0n) is 14.2. The van der Waals surface area contributed by atoms with Gasteiger partial charge in [0.2, 0.25) is 0 Å². The van der Waals surface area contributed by atoms with Crippen molar-refractivity contribution >= 4 is 20.0 Å². The van der Waals surface area contributed by atoms with Crippen LogP contribution in [0, 0.1) is 27.7 Å². The van der Waals surface area contributed by atoms with Crippen molar-refractivity contribution in [1.29, 1.82) is 0 Å². The largest absolute Gasteiger partial charge is 0.379 e. The molecule has 0 aliphatic rings. The summed E-state index contributed by atoms with van der Waals surface area (Å²) in [5.74, 6) is 0.203. The van der Waals surface area contributed by atoms with Crippen molar-refractivity contribution in [3.05, 3.63) is 52.6 Å². The number of benzene rings is 2. The van der Waals surface area contributed by atoms with Crippen LogP contribution < -0.4 is 4.18 Å². The van der Waals surface area contributed by atoms with Gasteiger partial charge >= 0.3 is 10.1 Å². The van der Waals surface area contributed by atoms with Crippen molar-refractivity contribution in [2.45, 2.75) is 37.5 Å². The molecule has 0 saturated carbocycles. The third kappa shape index (κ3) is 3.96. The van der Waals surface area contributed by atoms with Crippen molar-refractivity contribution in [2.75, 3.05) is 6.26 Å². The second kappa shape index (κ2) is 6.22. The summed E-state index contributed by atoms with van der Waals surface area (Å²) >= 11 is 0. The van der Waals surface area contributed by atoms with E-state index < -0.39 is 20.0 Å². The fourth-order valence-corrected chi connectivity index (χ4v) is 4.98. The Bertz CT molecular complexity index is 983. The number of hydrogen-bond acceptors (Lipinski definition) is 5. The third-order valence-corrected chi connectivity index (χ3v) is 6.12. The van der Waals surface area contributed by atoms with Crippen LogP contribution in [0.2, 0.25) is 0 Å². The second-order valence-electron chi connectivity index (χ2n) is 6.02. The van der Waals surface area contributed by atoms with Crippen LogP contribution in [0.5, 0.6) is 5.75 Å². The minimum absolute atomic E-state index is 0.00917. The van der Waals surface area contributed by atoms with Gasteiger partial charge in [-0.2, -0.15) is 8.42 Å². The Morgan fingerprint density at radius 1 is 0.708 bits per heavy atom. The predicted molar refractivity (Wildman–Crippen MR) is 92.8 cm³/mol. The summed E-state index contributed by atoms with van der Waals surface area (Å²) in [6.45, 7) is 6.79. The Kier molecular flexibility index (Phi) is 4.79. The Hall–Kier alpha value is -1.86. The number of hydrogen-bond donors (Lipinski definition) is 0. The molecule has 7 heteroatoms. The van der Waals surface area contributed by atoms with E-state index in [1.807, 2.05) is 19.9 Å². The maximum absolute atomic E-state index is 12.7. The molecule has 0 radical (unpaired) electrons. The molecule has 2 aromatic rings. The molecule has 0 aromatic heterocycles. The average Bonchev–Trinajstić information content (AvgIpc) is 2.37. The lowest BCUT2D eigenvalue weighted by atomic mass is 10.1. The van der Waals surface area contributed by atoms with Crippen molar-refractivity contribution < 1.29 is 21.0 Å². The highest BCUT2D eigenvalue weighted by atomic mass is 32.2. The van der Waals surface area contributed by atoms with Crippen LogP contribution in [0.25, 0.3) is 0 Å². The normalized spacial score (nSPS) is 12.2. The molecule has 0 unspecified atom stereocenters. The van der Waals surface area contributed by atoms with Gasteiger partial charge in [-0.15, -0.1) is 0 Å². The highest BCUT2D eigenvalue weighted by Gasteiger charge is 2.25. The number of rotatable bonds is 4. The molecule has 130 valence electrons. The monoisotopic (exact) mass is 368 g/mol. The highest BCUT2D eigenvalue weighted by molar-refractivity contribution is 7.91. The van der Waals surface area contributed by atoms with E-state index in [0.717, 1.165) is 17.4 Å². The van der Waals surface area contributed by atoms with E-state index in [9.17, 15) is 16.8 Å². The summed E-state index contributed by atoms with van der Waals surface area (Å²) in [7, 11) is -7.69. The molecule has 0 amide bonds. The fourth-order valence-electron chi connectivity index (χ4n) is 2.59. The molecule has 5 nitrogen and oxygen atoms in total. The summed E-state index contributed by atoms with van der Waals surface area (Å²) in [5.41, 5.74) is 2.44. The molecule has 0 bridgehead atoms. The van der Waals surface area contributed by atoms with Crippen molar-refractivity contribution in [3.8, 4) is 5.75 Å². The van der Waals surface area contributed by atoms with Crippen molar-refractivity contribution in [3.63, 3.8) is 0 Å². The number of aryl methyl sites for hydroxylation is 3. The van der Waals surface area contributed by atoms with E-state index >= 15 is 0 Å². The summed E-state index contributed by atoms with van der Waals surface area (Å²) in [6.07, 6.45) is 1.05. The van der Waals surface area contributed by atoms with Crippen LogP contribution in [-0.2, 0) is 20.0 Å². The minimum Gasteiger partial charge on any atom is -0.379 e. The molecular weight excluding hydrogens is 348 g/mol. The molecule has 0 heterocycles. The van der Waals surface area contributed by atoms with Crippen molar-refractivity contribution in [1.82, 2.24) is 0 Å². The van der Waals surface area contributed by atoms with E-state index in [2.05, 4.69) is 0 Å².